The fourth-order valence-corrected chi connectivity index (χ4v) is 0. The Hall–Kier alpha value is 3.53. The maximum absolute atomic E-state index is 8.92. The van der Waals surface area contributed by atoms with Crippen LogP contribution in [0.4, 0.5) is 0 Å². The van der Waals surface area contributed by atoms with Gasteiger partial charge in [-0.25, -0.2) is 0 Å². The quantitative estimate of drug-likeness (QED) is 0.274. The van der Waals surface area contributed by atoms with Crippen LogP contribution >= 0.6 is 6.72 Å². The zero-order valence-electron chi connectivity index (χ0n) is 5.08. The molecule has 0 aromatic heterocycles. The van der Waals surface area contributed by atoms with Gasteiger partial charge in [0.25, 0.3) is 0 Å². The second kappa shape index (κ2) is 10.5. The minimum Gasteiger partial charge on any atom is -0.844 e. The first-order valence-electron chi connectivity index (χ1n) is 0.730. The van der Waals surface area contributed by atoms with E-state index in [1.165, 1.54) is 0 Å². The van der Waals surface area contributed by atoms with E-state index in [9.17, 15) is 0 Å². The summed E-state index contributed by atoms with van der Waals surface area (Å²) in [7, 11) is 0. The molecule has 0 saturated heterocycles. The van der Waals surface area contributed by atoms with Gasteiger partial charge in [0, 0.05) is 0 Å². The Morgan fingerprint density at radius 1 is 0.875 bits per heavy atom. The summed E-state index contributed by atoms with van der Waals surface area (Å²) in [5.41, 5.74) is 0. The predicted octanol–water partition coefficient (Wildman–Crippen LogP) is -11.7. The molecule has 8 heavy (non-hydrogen) atoms. The molecule has 0 spiro atoms. The van der Waals surface area contributed by atoms with E-state index in [2.05, 4.69) is 11.8 Å². The molecule has 0 bridgehead atoms. The second-order valence-corrected chi connectivity index (χ2v) is 2.68. The van der Waals surface area contributed by atoms with Gasteiger partial charge in [0.15, 0.2) is 0 Å². The summed E-state index contributed by atoms with van der Waals surface area (Å²) in [4.78, 5) is 26.8. The average molecular weight is 180 g/mol. The third kappa shape index (κ3) is 55.6. The zero-order valence-corrected chi connectivity index (χ0v) is 12.8. The maximum atomic E-state index is 8.92. The monoisotopic (exact) mass is 180 g/mol. The van der Waals surface area contributed by atoms with Crippen LogP contribution in [0.2, 0.25) is 0 Å². The minimum atomic E-state index is -4.56. The van der Waals surface area contributed by atoms with Crippen LogP contribution in [0, 0.1) is 0 Å². The summed E-state index contributed by atoms with van der Waals surface area (Å²) in [6.45, 7) is -4.56. The molecule has 0 N–H and O–H groups in total. The average Bonchev–Trinajstić information content (AvgIpc) is 0.722. The van der Waals surface area contributed by atoms with Gasteiger partial charge >= 0.3 is 88.7 Å². The molecule has 0 radical (unpaired) electrons. The molecule has 0 amide bonds. The third-order valence-corrected chi connectivity index (χ3v) is 0. The first-order valence-corrected chi connectivity index (χ1v) is 3.29. The molecule has 0 aliphatic heterocycles. The van der Waals surface area contributed by atoms with Crippen LogP contribution in [0.1, 0.15) is 0 Å². The molecule has 0 aliphatic rings. The van der Waals surface area contributed by atoms with E-state index in [1.807, 2.05) is 0 Å². The summed E-state index contributed by atoms with van der Waals surface area (Å²) in [5.74, 6) is 0. The molecule has 3 nitrogen and oxygen atoms in total. The van der Waals surface area contributed by atoms with Crippen molar-refractivity contribution in [1.82, 2.24) is 0 Å². The Morgan fingerprint density at radius 3 is 0.875 bits per heavy atom. The summed E-state index contributed by atoms with van der Waals surface area (Å²) in [6.07, 6.45) is 0. The van der Waals surface area contributed by atoms with Crippen LogP contribution in [0.15, 0.2) is 0 Å². The fourth-order valence-electron chi connectivity index (χ4n) is 0. The first kappa shape index (κ1) is 22.5. The van der Waals surface area contributed by atoms with Gasteiger partial charge in [-0.2, -0.15) is 11.8 Å². The second-order valence-electron chi connectivity index (χ2n) is 0.447. The topological polar surface area (TPSA) is 69.2 Å². The van der Waals surface area contributed by atoms with E-state index < -0.39 is 6.72 Å². The SMILES string of the molecule is [Na+].[Na+].[Na+].[O-]P([O-])([O-])=S. The number of rotatable bonds is 0. The summed E-state index contributed by atoms with van der Waals surface area (Å²) in [6, 6.07) is 0. The van der Waals surface area contributed by atoms with Gasteiger partial charge in [0.05, 0.1) is 0 Å². The molecule has 8 heteroatoms. The van der Waals surface area contributed by atoms with E-state index in [4.69, 9.17) is 14.7 Å². The Kier molecular flexibility index (Phi) is 29.7. The van der Waals surface area contributed by atoms with Crippen LogP contribution < -0.4 is 103 Å². The van der Waals surface area contributed by atoms with Gasteiger partial charge in [0.1, 0.15) is 0 Å². The zero-order chi connectivity index (χ0) is 4.50. The van der Waals surface area contributed by atoms with E-state index in [0.29, 0.717) is 0 Å². The molecule has 32 valence electrons. The molecule has 0 heterocycles. The van der Waals surface area contributed by atoms with Crippen LogP contribution in [-0.4, -0.2) is 0 Å². The van der Waals surface area contributed by atoms with Crippen molar-refractivity contribution in [2.75, 3.05) is 0 Å². The molecule has 0 fully saturated rings. The molecular formula is Na3O3PS. The third-order valence-electron chi connectivity index (χ3n) is 0. The molecule has 0 saturated carbocycles. The van der Waals surface area contributed by atoms with E-state index in [0.717, 1.165) is 0 Å². The van der Waals surface area contributed by atoms with Crippen LogP contribution in [0.25, 0.3) is 0 Å². The van der Waals surface area contributed by atoms with E-state index in [-0.39, 0.29) is 88.7 Å². The van der Waals surface area contributed by atoms with E-state index in [1.54, 1.807) is 0 Å². The number of hydrogen-bond donors (Lipinski definition) is 0. The van der Waals surface area contributed by atoms with Gasteiger partial charge in [-0.1, -0.05) is 0 Å². The van der Waals surface area contributed by atoms with Gasteiger partial charge in [0.2, 0.25) is 0 Å². The smallest absolute Gasteiger partial charge is 0.844 e. The Balaban J connectivity index is -0.0000000267. The van der Waals surface area contributed by atoms with Crippen molar-refractivity contribution in [2.24, 2.45) is 0 Å². The van der Waals surface area contributed by atoms with Crippen molar-refractivity contribution < 1.29 is 103 Å². The van der Waals surface area contributed by atoms with Crippen molar-refractivity contribution in [1.29, 1.82) is 0 Å². The fraction of sp³-hybridized carbons (Fsp3) is 0. The predicted molar refractivity (Wildman–Crippen MR) is 14.3 cm³/mol. The van der Waals surface area contributed by atoms with Gasteiger partial charge < -0.3 is 21.4 Å². The minimum absolute atomic E-state index is 0. The first-order chi connectivity index (χ1) is 2.00. The summed E-state index contributed by atoms with van der Waals surface area (Å²) < 4.78 is 0. The normalized spacial score (nSPS) is 7.38. The molecule has 0 aliphatic carbocycles. The standard InChI is InChI=1S/3Na.H3O3PS/c;;;1-4(2,3)5/h;;;(H3,1,2,3,5)/q3*+1;/p-3. The molecular weight excluding hydrogens is 180 g/mol. The van der Waals surface area contributed by atoms with Crippen molar-refractivity contribution >= 4 is 18.5 Å². The van der Waals surface area contributed by atoms with Gasteiger partial charge in [-0.15, -0.1) is 0 Å². The molecule has 0 rings (SSSR count). The van der Waals surface area contributed by atoms with Crippen LogP contribution in [0.5, 0.6) is 0 Å². The summed E-state index contributed by atoms with van der Waals surface area (Å²) >= 11 is 3.27. The van der Waals surface area contributed by atoms with Crippen LogP contribution in [-0.2, 0) is 11.8 Å². The Labute approximate surface area is 119 Å². The largest absolute Gasteiger partial charge is 1.00 e. The van der Waals surface area contributed by atoms with Gasteiger partial charge in [-0.3, -0.25) is 0 Å². The van der Waals surface area contributed by atoms with Crippen molar-refractivity contribution in [3.8, 4) is 0 Å². The number of hydrogen-bond acceptors (Lipinski definition) is 4. The molecule has 0 aromatic rings. The van der Waals surface area contributed by atoms with Crippen molar-refractivity contribution in [2.45, 2.75) is 0 Å². The Morgan fingerprint density at radius 2 is 0.875 bits per heavy atom. The van der Waals surface area contributed by atoms with Crippen molar-refractivity contribution in [3.63, 3.8) is 0 Å². The maximum Gasteiger partial charge on any atom is 1.00 e. The van der Waals surface area contributed by atoms with Gasteiger partial charge in [-0.05, 0) is 0 Å². The van der Waals surface area contributed by atoms with E-state index >= 15 is 0 Å². The molecule has 0 aromatic carbocycles. The molecule has 0 unspecified atom stereocenters. The summed E-state index contributed by atoms with van der Waals surface area (Å²) in [5, 5.41) is 0. The molecule has 0 atom stereocenters. The Bertz CT molecular complexity index is 60.7. The van der Waals surface area contributed by atoms with Crippen molar-refractivity contribution in [3.05, 3.63) is 0 Å². The van der Waals surface area contributed by atoms with Crippen LogP contribution in [0.3, 0.4) is 0 Å².